The molecule has 2 nitrogen and oxygen atoms in total. The molecule has 0 heterocycles. The second-order valence-electron chi connectivity index (χ2n) is 6.68. The summed E-state index contributed by atoms with van der Waals surface area (Å²) in [5, 5.41) is 0. The largest absolute Gasteiger partial charge is 0.330 e. The molecule has 1 aromatic carbocycles. The standard InChI is InChI=1S/C18H28N2/c1-20(18-9-5-4-8-16(18)13-19)17-11-10-14-6-2-3-7-15(14)12-17/h2-3,6-7,16-18H,4-5,8-13,19H2,1H3. The topological polar surface area (TPSA) is 29.3 Å². The zero-order valence-electron chi connectivity index (χ0n) is 12.7. The van der Waals surface area contributed by atoms with Crippen LogP contribution in [-0.4, -0.2) is 30.6 Å². The van der Waals surface area contributed by atoms with Crippen LogP contribution in [-0.2, 0) is 12.8 Å². The summed E-state index contributed by atoms with van der Waals surface area (Å²) in [6, 6.07) is 10.4. The van der Waals surface area contributed by atoms with E-state index in [-0.39, 0.29) is 0 Å². The summed E-state index contributed by atoms with van der Waals surface area (Å²) >= 11 is 0. The molecule has 2 heteroatoms. The summed E-state index contributed by atoms with van der Waals surface area (Å²) < 4.78 is 0. The van der Waals surface area contributed by atoms with Gasteiger partial charge in [0.1, 0.15) is 0 Å². The Morgan fingerprint density at radius 3 is 2.65 bits per heavy atom. The third kappa shape index (κ3) is 2.77. The molecule has 0 bridgehead atoms. The Morgan fingerprint density at radius 2 is 1.85 bits per heavy atom. The van der Waals surface area contributed by atoms with Crippen LogP contribution in [0.2, 0.25) is 0 Å². The molecule has 20 heavy (non-hydrogen) atoms. The van der Waals surface area contributed by atoms with E-state index in [1.165, 1.54) is 44.9 Å². The van der Waals surface area contributed by atoms with E-state index in [4.69, 9.17) is 5.73 Å². The number of hydrogen-bond acceptors (Lipinski definition) is 2. The molecule has 3 rings (SSSR count). The summed E-state index contributed by atoms with van der Waals surface area (Å²) in [5.41, 5.74) is 9.14. The molecule has 3 unspecified atom stereocenters. The van der Waals surface area contributed by atoms with Gasteiger partial charge < -0.3 is 5.73 Å². The minimum atomic E-state index is 0.710. The number of aryl methyl sites for hydroxylation is 1. The molecule has 2 aliphatic carbocycles. The molecular formula is C18H28N2. The monoisotopic (exact) mass is 272 g/mol. The van der Waals surface area contributed by atoms with Crippen LogP contribution in [0.1, 0.15) is 43.2 Å². The smallest absolute Gasteiger partial charge is 0.0139 e. The van der Waals surface area contributed by atoms with Gasteiger partial charge in [0.2, 0.25) is 0 Å². The highest BCUT2D eigenvalue weighted by Gasteiger charge is 2.32. The Bertz CT molecular complexity index is 443. The third-order valence-electron chi connectivity index (χ3n) is 5.59. The van der Waals surface area contributed by atoms with Crippen molar-refractivity contribution in [1.82, 2.24) is 4.90 Å². The number of likely N-dealkylation sites (N-methyl/N-ethyl adjacent to an activating group) is 1. The van der Waals surface area contributed by atoms with E-state index in [0.717, 1.165) is 6.54 Å². The molecule has 1 fully saturated rings. The lowest BCUT2D eigenvalue weighted by Crippen LogP contribution is -2.49. The Labute approximate surface area is 123 Å². The molecule has 0 radical (unpaired) electrons. The van der Waals surface area contributed by atoms with Crippen LogP contribution in [0.3, 0.4) is 0 Å². The average molecular weight is 272 g/mol. The molecule has 110 valence electrons. The van der Waals surface area contributed by atoms with Gasteiger partial charge in [-0.15, -0.1) is 0 Å². The average Bonchev–Trinajstić information content (AvgIpc) is 2.53. The van der Waals surface area contributed by atoms with Crippen LogP contribution >= 0.6 is 0 Å². The minimum absolute atomic E-state index is 0.710. The van der Waals surface area contributed by atoms with Crippen LogP contribution in [0.15, 0.2) is 24.3 Å². The fraction of sp³-hybridized carbons (Fsp3) is 0.667. The first kappa shape index (κ1) is 14.1. The lowest BCUT2D eigenvalue weighted by atomic mass is 9.81. The number of hydrogen-bond donors (Lipinski definition) is 1. The Kier molecular flexibility index (Phi) is 4.42. The van der Waals surface area contributed by atoms with Crippen LogP contribution < -0.4 is 5.73 Å². The zero-order valence-corrected chi connectivity index (χ0v) is 12.7. The Morgan fingerprint density at radius 1 is 1.10 bits per heavy atom. The van der Waals surface area contributed by atoms with Gasteiger partial charge in [0.25, 0.3) is 0 Å². The van der Waals surface area contributed by atoms with Gasteiger partial charge in [-0.3, -0.25) is 4.90 Å². The fourth-order valence-electron chi connectivity index (χ4n) is 4.30. The van der Waals surface area contributed by atoms with Gasteiger partial charge >= 0.3 is 0 Å². The first-order valence-electron chi connectivity index (χ1n) is 8.28. The van der Waals surface area contributed by atoms with Crippen molar-refractivity contribution in [2.45, 2.75) is 57.0 Å². The predicted molar refractivity (Wildman–Crippen MR) is 84.8 cm³/mol. The summed E-state index contributed by atoms with van der Waals surface area (Å²) in [5.74, 6) is 0.714. The second-order valence-corrected chi connectivity index (χ2v) is 6.68. The summed E-state index contributed by atoms with van der Waals surface area (Å²) in [6.07, 6.45) is 9.20. The molecule has 0 amide bonds. The number of nitrogens with zero attached hydrogens (tertiary/aromatic N) is 1. The maximum atomic E-state index is 6.01. The van der Waals surface area contributed by atoms with E-state index in [1.807, 2.05) is 0 Å². The van der Waals surface area contributed by atoms with E-state index in [0.29, 0.717) is 18.0 Å². The van der Waals surface area contributed by atoms with Gasteiger partial charge in [-0.2, -0.15) is 0 Å². The molecule has 0 aromatic heterocycles. The van der Waals surface area contributed by atoms with Crippen molar-refractivity contribution >= 4 is 0 Å². The van der Waals surface area contributed by atoms with Crippen molar-refractivity contribution in [1.29, 1.82) is 0 Å². The van der Waals surface area contributed by atoms with Crippen molar-refractivity contribution in [3.63, 3.8) is 0 Å². The van der Waals surface area contributed by atoms with Gasteiger partial charge in [0, 0.05) is 12.1 Å². The molecule has 2 aliphatic rings. The molecule has 0 spiro atoms. The van der Waals surface area contributed by atoms with Gasteiger partial charge in [0.15, 0.2) is 0 Å². The predicted octanol–water partition coefficient (Wildman–Crippen LogP) is 2.99. The number of benzene rings is 1. The maximum Gasteiger partial charge on any atom is 0.0139 e. The summed E-state index contributed by atoms with van der Waals surface area (Å²) in [4.78, 5) is 2.67. The first-order chi connectivity index (χ1) is 9.79. The second kappa shape index (κ2) is 6.28. The number of rotatable bonds is 3. The number of nitrogens with two attached hydrogens (primary N) is 1. The van der Waals surface area contributed by atoms with E-state index in [9.17, 15) is 0 Å². The highest BCUT2D eigenvalue weighted by molar-refractivity contribution is 5.30. The van der Waals surface area contributed by atoms with Crippen molar-refractivity contribution < 1.29 is 0 Å². The van der Waals surface area contributed by atoms with E-state index >= 15 is 0 Å². The quantitative estimate of drug-likeness (QED) is 0.916. The van der Waals surface area contributed by atoms with Gasteiger partial charge in [0.05, 0.1) is 0 Å². The first-order valence-corrected chi connectivity index (χ1v) is 8.28. The Hall–Kier alpha value is -0.860. The molecule has 0 saturated heterocycles. The Balaban J connectivity index is 1.70. The normalized spacial score (nSPS) is 30.2. The third-order valence-corrected chi connectivity index (χ3v) is 5.59. The van der Waals surface area contributed by atoms with E-state index in [2.05, 4.69) is 36.2 Å². The highest BCUT2D eigenvalue weighted by Crippen LogP contribution is 2.32. The van der Waals surface area contributed by atoms with Crippen LogP contribution in [0.4, 0.5) is 0 Å². The minimum Gasteiger partial charge on any atom is -0.330 e. The van der Waals surface area contributed by atoms with Gasteiger partial charge in [-0.05, 0) is 62.7 Å². The van der Waals surface area contributed by atoms with E-state index in [1.54, 1.807) is 11.1 Å². The zero-order chi connectivity index (χ0) is 13.9. The van der Waals surface area contributed by atoms with Crippen molar-refractivity contribution in [2.75, 3.05) is 13.6 Å². The van der Waals surface area contributed by atoms with Gasteiger partial charge in [-0.1, -0.05) is 37.1 Å². The molecule has 1 saturated carbocycles. The van der Waals surface area contributed by atoms with Gasteiger partial charge in [-0.25, -0.2) is 0 Å². The summed E-state index contributed by atoms with van der Waals surface area (Å²) in [6.45, 7) is 0.859. The van der Waals surface area contributed by atoms with E-state index < -0.39 is 0 Å². The molecule has 3 atom stereocenters. The molecule has 1 aromatic rings. The molecular weight excluding hydrogens is 244 g/mol. The molecule has 2 N–H and O–H groups in total. The van der Waals surface area contributed by atoms with Crippen molar-refractivity contribution in [2.24, 2.45) is 11.7 Å². The molecule has 0 aliphatic heterocycles. The van der Waals surface area contributed by atoms with Crippen LogP contribution in [0.25, 0.3) is 0 Å². The summed E-state index contributed by atoms with van der Waals surface area (Å²) in [7, 11) is 2.34. The highest BCUT2D eigenvalue weighted by atomic mass is 15.2. The van der Waals surface area contributed by atoms with Crippen molar-refractivity contribution in [3.05, 3.63) is 35.4 Å². The van der Waals surface area contributed by atoms with Crippen LogP contribution in [0, 0.1) is 5.92 Å². The SMILES string of the molecule is CN(C1CCc2ccccc2C1)C1CCCCC1CN. The van der Waals surface area contributed by atoms with Crippen molar-refractivity contribution in [3.8, 4) is 0 Å². The lowest BCUT2D eigenvalue weighted by Gasteiger charge is -2.43. The lowest BCUT2D eigenvalue weighted by molar-refractivity contribution is 0.0850. The fourth-order valence-corrected chi connectivity index (χ4v) is 4.30. The number of fused-ring (bicyclic) bond motifs is 1. The maximum absolute atomic E-state index is 6.01. The van der Waals surface area contributed by atoms with Crippen LogP contribution in [0.5, 0.6) is 0 Å².